The minimum absolute atomic E-state index is 0.237. The van der Waals surface area contributed by atoms with Gasteiger partial charge in [0.15, 0.2) is 12.5 Å². The van der Waals surface area contributed by atoms with Crippen LogP contribution in [0.15, 0.2) is 60.5 Å². The minimum Gasteiger partial charge on any atom is -0.388 e. The number of aliphatic hydroxyl groups is 4. The molecule has 0 unspecified atom stereocenters. The van der Waals surface area contributed by atoms with Gasteiger partial charge in [0.05, 0.1) is 16.9 Å². The molecule has 58 heavy (non-hydrogen) atoms. The molecular formula is C42H58N10O6. The van der Waals surface area contributed by atoms with Crippen LogP contribution in [0.25, 0.3) is 22.1 Å². The van der Waals surface area contributed by atoms with Gasteiger partial charge in [-0.3, -0.25) is 0 Å². The number of aromatic nitrogens is 6. The number of ether oxygens (including phenoxy) is 2. The van der Waals surface area contributed by atoms with Gasteiger partial charge in [0.1, 0.15) is 66.1 Å². The number of fused-ring (bicyclic) bond motifs is 2. The predicted molar refractivity (Wildman–Crippen MR) is 218 cm³/mol. The van der Waals surface area contributed by atoms with Crippen molar-refractivity contribution in [1.82, 2.24) is 38.9 Å². The van der Waals surface area contributed by atoms with Gasteiger partial charge in [0.2, 0.25) is 0 Å². The van der Waals surface area contributed by atoms with Crippen molar-refractivity contribution < 1.29 is 29.9 Å². The number of hydrogen-bond donors (Lipinski definition) is 6. The number of rotatable bonds is 5. The zero-order valence-corrected chi connectivity index (χ0v) is 33.5. The summed E-state index contributed by atoms with van der Waals surface area (Å²) >= 11 is 0. The van der Waals surface area contributed by atoms with E-state index in [4.69, 9.17) is 20.9 Å². The number of hydrogen-bond acceptors (Lipinski definition) is 14. The summed E-state index contributed by atoms with van der Waals surface area (Å²) < 4.78 is 15.9. The molecule has 16 heteroatoms. The molecule has 8 atom stereocenters. The van der Waals surface area contributed by atoms with Crippen LogP contribution in [0.3, 0.4) is 0 Å². The van der Waals surface area contributed by atoms with Crippen molar-refractivity contribution >= 4 is 33.7 Å². The lowest BCUT2D eigenvalue weighted by Crippen LogP contribution is -2.39. The lowest BCUT2D eigenvalue weighted by molar-refractivity contribution is -0.0357. The van der Waals surface area contributed by atoms with Gasteiger partial charge in [-0.15, -0.1) is 0 Å². The summed E-state index contributed by atoms with van der Waals surface area (Å²) in [7, 11) is 4.35. The Labute approximate surface area is 338 Å². The van der Waals surface area contributed by atoms with E-state index in [0.29, 0.717) is 40.1 Å². The zero-order valence-electron chi connectivity index (χ0n) is 33.5. The Hall–Kier alpha value is -4.00. The molecule has 0 radical (unpaired) electrons. The highest BCUT2D eigenvalue weighted by Crippen LogP contribution is 2.52. The fourth-order valence-corrected chi connectivity index (χ4v) is 10.7. The molecule has 4 aromatic heterocycles. The number of likely N-dealkylation sites (tertiary alicyclic amines) is 2. The Morgan fingerprint density at radius 2 is 1.26 bits per heavy atom. The van der Waals surface area contributed by atoms with E-state index in [1.165, 1.54) is 43.1 Å². The third kappa shape index (κ3) is 6.90. The second-order valence-corrected chi connectivity index (χ2v) is 17.6. The van der Waals surface area contributed by atoms with E-state index in [1.807, 2.05) is 12.1 Å². The van der Waals surface area contributed by atoms with E-state index >= 15 is 0 Å². The van der Waals surface area contributed by atoms with E-state index in [0.717, 1.165) is 64.7 Å². The first kappa shape index (κ1) is 39.5. The van der Waals surface area contributed by atoms with Crippen molar-refractivity contribution in [2.24, 2.45) is 10.8 Å². The normalized spacial score (nSPS) is 33.1. The Balaban J connectivity index is 0.000000150. The Morgan fingerprint density at radius 3 is 1.86 bits per heavy atom. The van der Waals surface area contributed by atoms with E-state index in [2.05, 4.69) is 56.0 Å². The van der Waals surface area contributed by atoms with Gasteiger partial charge < -0.3 is 60.3 Å². The van der Waals surface area contributed by atoms with Gasteiger partial charge in [-0.05, 0) is 127 Å². The monoisotopic (exact) mass is 798 g/mol. The number of aliphatic hydroxyl groups excluding tert-OH is 4. The maximum absolute atomic E-state index is 10.8. The smallest absolute Gasteiger partial charge is 0.164 e. The summed E-state index contributed by atoms with van der Waals surface area (Å²) in [6.45, 7) is 4.42. The number of nitrogens with two attached hydrogens (primary N) is 2. The first-order valence-corrected chi connectivity index (χ1v) is 20.9. The van der Waals surface area contributed by atoms with E-state index in [1.54, 1.807) is 21.5 Å². The van der Waals surface area contributed by atoms with Crippen LogP contribution in [-0.2, 0) is 9.47 Å². The van der Waals surface area contributed by atoms with E-state index in [9.17, 15) is 20.4 Å². The van der Waals surface area contributed by atoms with Gasteiger partial charge in [0, 0.05) is 12.4 Å². The fourth-order valence-electron chi connectivity index (χ4n) is 10.7. The van der Waals surface area contributed by atoms with Gasteiger partial charge >= 0.3 is 0 Å². The van der Waals surface area contributed by atoms with Crippen LogP contribution in [-0.4, -0.2) is 136 Å². The first-order valence-electron chi connectivity index (χ1n) is 20.9. The van der Waals surface area contributed by atoms with Crippen LogP contribution in [0.2, 0.25) is 0 Å². The van der Waals surface area contributed by atoms with Crippen molar-refractivity contribution in [3.05, 3.63) is 60.5 Å². The maximum Gasteiger partial charge on any atom is 0.164 e. The third-order valence-electron chi connectivity index (χ3n) is 14.4. The lowest BCUT2D eigenvalue weighted by Gasteiger charge is -2.41. The van der Waals surface area contributed by atoms with Crippen LogP contribution < -0.4 is 11.5 Å². The molecule has 4 aliphatic heterocycles. The summed E-state index contributed by atoms with van der Waals surface area (Å²) in [4.78, 5) is 21.4. The van der Waals surface area contributed by atoms with Gasteiger partial charge in [-0.1, -0.05) is 23.3 Å². The molecule has 16 nitrogen and oxygen atoms in total. The molecule has 0 aromatic carbocycles. The Bertz CT molecular complexity index is 2170. The van der Waals surface area contributed by atoms with Crippen LogP contribution in [0.4, 0.5) is 11.6 Å². The number of nitrogen functional groups attached to an aromatic ring is 2. The maximum atomic E-state index is 10.8. The quantitative estimate of drug-likeness (QED) is 0.160. The van der Waals surface area contributed by atoms with Crippen LogP contribution in [0.1, 0.15) is 76.7 Å². The molecule has 6 aliphatic rings. The highest BCUT2D eigenvalue weighted by Gasteiger charge is 2.48. The second kappa shape index (κ2) is 15.6. The third-order valence-corrected chi connectivity index (χ3v) is 14.4. The van der Waals surface area contributed by atoms with Gasteiger partial charge in [-0.25, -0.2) is 19.9 Å². The predicted octanol–water partition coefficient (Wildman–Crippen LogP) is 2.91. The van der Waals surface area contributed by atoms with Crippen molar-refractivity contribution in [1.29, 1.82) is 0 Å². The van der Waals surface area contributed by atoms with E-state index in [-0.39, 0.29) is 10.8 Å². The molecule has 2 aliphatic carbocycles. The summed E-state index contributed by atoms with van der Waals surface area (Å²) in [5.41, 5.74) is 16.3. The minimum atomic E-state index is -1.04. The highest BCUT2D eigenvalue weighted by atomic mass is 16.6. The van der Waals surface area contributed by atoms with Crippen molar-refractivity contribution in [2.75, 3.05) is 51.7 Å². The zero-order chi connectivity index (χ0) is 40.3. The molecule has 2 spiro atoms. The number of anilines is 2. The molecule has 312 valence electrons. The van der Waals surface area contributed by atoms with Crippen molar-refractivity contribution in [3.63, 3.8) is 0 Å². The standard InChI is InChI=1S/2C21H29N5O3/c2*1-25-9-6-21(7-10-25)5-2-3-13(21)11-15-16(27)17(28)20(29-15)26-8-4-14-18(22)23-12-24-19(14)26/h4,8,11-12,15-17,20,27-28H,2-3,5-7,9-10H2,1H3,(H2,22,23,24);3-4,8,12,15-17,20,27-28H,2,5-7,9-11H2,1H3,(H2,22,23,24)/b13-11+;/t2*15-,16-,17-,20-/m11/s1. The molecule has 1 saturated carbocycles. The molecule has 8 N–H and O–H groups in total. The molecule has 8 heterocycles. The molecule has 4 aromatic rings. The molecule has 4 saturated heterocycles. The largest absolute Gasteiger partial charge is 0.388 e. The molecule has 0 bridgehead atoms. The summed E-state index contributed by atoms with van der Waals surface area (Å²) in [6.07, 6.45) is 15.4. The molecular weight excluding hydrogens is 741 g/mol. The first-order chi connectivity index (χ1) is 28.0. The molecule has 0 amide bonds. The number of nitrogens with zero attached hydrogens (tertiary/aromatic N) is 8. The molecule has 5 fully saturated rings. The van der Waals surface area contributed by atoms with Crippen LogP contribution in [0.5, 0.6) is 0 Å². The average molecular weight is 799 g/mol. The summed E-state index contributed by atoms with van der Waals surface area (Å²) in [6, 6.07) is 3.62. The highest BCUT2D eigenvalue weighted by molar-refractivity contribution is 5.86. The average Bonchev–Trinajstić information content (AvgIpc) is 4.08. The van der Waals surface area contributed by atoms with E-state index < -0.39 is 49.1 Å². The summed E-state index contributed by atoms with van der Waals surface area (Å²) in [5.74, 6) is 0.772. The number of allylic oxidation sites excluding steroid dienone is 2. The van der Waals surface area contributed by atoms with Gasteiger partial charge in [-0.2, -0.15) is 0 Å². The number of piperidine rings is 2. The fraction of sp³-hybridized carbons (Fsp3) is 0.619. The van der Waals surface area contributed by atoms with Crippen molar-refractivity contribution in [3.8, 4) is 0 Å². The van der Waals surface area contributed by atoms with Crippen LogP contribution in [0, 0.1) is 10.8 Å². The topological polar surface area (TPSA) is 219 Å². The summed E-state index contributed by atoms with van der Waals surface area (Å²) in [5, 5.41) is 44.4. The second-order valence-electron chi connectivity index (χ2n) is 17.6. The Morgan fingerprint density at radius 1 is 0.707 bits per heavy atom. The lowest BCUT2D eigenvalue weighted by atomic mass is 9.71. The van der Waals surface area contributed by atoms with Gasteiger partial charge in [0.25, 0.3) is 0 Å². The Kier molecular flexibility index (Phi) is 10.6. The van der Waals surface area contributed by atoms with Crippen molar-refractivity contribution in [2.45, 2.75) is 113 Å². The molecule has 10 rings (SSSR count). The van der Waals surface area contributed by atoms with Crippen LogP contribution >= 0.6 is 0 Å². The SMILES string of the molecule is CN1CCC2(CCC/C2=C\[C@H]2O[C@@H](n3ccc4c(N)ncnc43)[C@H](O)[C@@H]2O)CC1.CN1CCC2(CCC=C2C[C@H]2O[C@@H](n3ccc4c(N)ncnc43)[C@H](O)[C@@H]2O)CC1.